The van der Waals surface area contributed by atoms with E-state index in [1.807, 2.05) is 13.8 Å². The van der Waals surface area contributed by atoms with Crippen molar-refractivity contribution in [2.75, 3.05) is 6.61 Å². The lowest BCUT2D eigenvalue weighted by Gasteiger charge is -2.22. The number of rotatable bonds is 5. The van der Waals surface area contributed by atoms with E-state index in [9.17, 15) is 4.39 Å². The highest BCUT2D eigenvalue weighted by Crippen LogP contribution is 2.19. The molecule has 1 atom stereocenters. The van der Waals surface area contributed by atoms with E-state index in [0.717, 1.165) is 16.5 Å². The van der Waals surface area contributed by atoms with E-state index in [1.165, 1.54) is 12.1 Å². The zero-order valence-corrected chi connectivity index (χ0v) is 11.2. The van der Waals surface area contributed by atoms with Gasteiger partial charge in [0.1, 0.15) is 5.82 Å². The van der Waals surface area contributed by atoms with Crippen LogP contribution in [0.1, 0.15) is 25.8 Å². The Morgan fingerprint density at radius 3 is 2.75 bits per heavy atom. The zero-order valence-electron chi connectivity index (χ0n) is 9.59. The molecule has 2 N–H and O–H groups in total. The van der Waals surface area contributed by atoms with Gasteiger partial charge < -0.3 is 10.5 Å². The first-order chi connectivity index (χ1) is 7.44. The van der Waals surface area contributed by atoms with Crippen molar-refractivity contribution in [2.24, 2.45) is 5.73 Å². The topological polar surface area (TPSA) is 35.2 Å². The third-order valence-corrected chi connectivity index (χ3v) is 3.25. The van der Waals surface area contributed by atoms with Gasteiger partial charge in [-0.05, 0) is 31.0 Å². The fourth-order valence-electron chi connectivity index (χ4n) is 1.13. The average molecular weight is 290 g/mol. The van der Waals surface area contributed by atoms with Crippen LogP contribution in [0.25, 0.3) is 0 Å². The van der Waals surface area contributed by atoms with Gasteiger partial charge in [-0.3, -0.25) is 0 Å². The van der Waals surface area contributed by atoms with Crippen molar-refractivity contribution in [3.05, 3.63) is 34.1 Å². The molecule has 1 aromatic rings. The molecule has 1 rings (SSSR count). The molecule has 0 aromatic heterocycles. The van der Waals surface area contributed by atoms with Gasteiger partial charge in [-0.2, -0.15) is 0 Å². The van der Waals surface area contributed by atoms with Crippen molar-refractivity contribution in [3.63, 3.8) is 0 Å². The SMILES string of the molecule is CCC(C)(N)COCc1ccc(F)cc1Br. The van der Waals surface area contributed by atoms with Gasteiger partial charge >= 0.3 is 0 Å². The fourth-order valence-corrected chi connectivity index (χ4v) is 1.60. The largest absolute Gasteiger partial charge is 0.375 e. The highest BCUT2D eigenvalue weighted by Gasteiger charge is 2.15. The molecule has 1 aromatic carbocycles. The van der Waals surface area contributed by atoms with Crippen LogP contribution in [-0.4, -0.2) is 12.1 Å². The van der Waals surface area contributed by atoms with E-state index in [4.69, 9.17) is 10.5 Å². The third kappa shape index (κ3) is 4.20. The average Bonchev–Trinajstić information content (AvgIpc) is 2.21. The Labute approximate surface area is 104 Å². The van der Waals surface area contributed by atoms with Gasteiger partial charge in [0.15, 0.2) is 0 Å². The minimum atomic E-state index is -0.299. The van der Waals surface area contributed by atoms with Crippen LogP contribution < -0.4 is 5.73 Å². The van der Waals surface area contributed by atoms with Crippen LogP contribution in [0.5, 0.6) is 0 Å². The van der Waals surface area contributed by atoms with E-state index in [2.05, 4.69) is 15.9 Å². The van der Waals surface area contributed by atoms with Crippen LogP contribution >= 0.6 is 15.9 Å². The first kappa shape index (κ1) is 13.6. The molecule has 4 heteroatoms. The van der Waals surface area contributed by atoms with Crippen molar-refractivity contribution in [2.45, 2.75) is 32.4 Å². The predicted molar refractivity (Wildman–Crippen MR) is 66.6 cm³/mol. The lowest BCUT2D eigenvalue weighted by atomic mass is 10.0. The van der Waals surface area contributed by atoms with Crippen LogP contribution in [0.4, 0.5) is 4.39 Å². The van der Waals surface area contributed by atoms with Crippen molar-refractivity contribution in [1.29, 1.82) is 0 Å². The maximum absolute atomic E-state index is 12.8. The van der Waals surface area contributed by atoms with Crippen molar-refractivity contribution < 1.29 is 9.13 Å². The summed E-state index contributed by atoms with van der Waals surface area (Å²) in [4.78, 5) is 0. The molecule has 0 spiro atoms. The summed E-state index contributed by atoms with van der Waals surface area (Å²) in [6.07, 6.45) is 0.859. The Hall–Kier alpha value is -0.450. The van der Waals surface area contributed by atoms with Crippen LogP contribution in [0.15, 0.2) is 22.7 Å². The van der Waals surface area contributed by atoms with Gasteiger partial charge in [-0.25, -0.2) is 4.39 Å². The quantitative estimate of drug-likeness (QED) is 0.903. The van der Waals surface area contributed by atoms with Gasteiger partial charge in [0, 0.05) is 10.0 Å². The van der Waals surface area contributed by atoms with Crippen LogP contribution in [0.2, 0.25) is 0 Å². The zero-order chi connectivity index (χ0) is 12.2. The van der Waals surface area contributed by atoms with Gasteiger partial charge in [-0.15, -0.1) is 0 Å². The minimum absolute atomic E-state index is 0.257. The predicted octanol–water partition coefficient (Wildman–Crippen LogP) is 3.23. The molecule has 90 valence electrons. The molecule has 0 saturated heterocycles. The molecule has 0 aliphatic rings. The van der Waals surface area contributed by atoms with E-state index in [-0.39, 0.29) is 11.4 Å². The number of hydrogen-bond acceptors (Lipinski definition) is 2. The molecule has 0 amide bonds. The van der Waals surface area contributed by atoms with Gasteiger partial charge in [-0.1, -0.05) is 28.9 Å². The van der Waals surface area contributed by atoms with Crippen LogP contribution in [-0.2, 0) is 11.3 Å². The van der Waals surface area contributed by atoms with E-state index < -0.39 is 0 Å². The fraction of sp³-hybridized carbons (Fsp3) is 0.500. The molecule has 16 heavy (non-hydrogen) atoms. The Morgan fingerprint density at radius 2 is 2.19 bits per heavy atom. The Kier molecular flexibility index (Phi) is 4.89. The molecule has 0 fully saturated rings. The second-order valence-corrected chi connectivity index (χ2v) is 5.09. The molecular formula is C12H17BrFNO. The smallest absolute Gasteiger partial charge is 0.124 e. The molecule has 0 bridgehead atoms. The van der Waals surface area contributed by atoms with Gasteiger partial charge in [0.25, 0.3) is 0 Å². The van der Waals surface area contributed by atoms with E-state index >= 15 is 0 Å². The minimum Gasteiger partial charge on any atom is -0.375 e. The van der Waals surface area contributed by atoms with Crippen LogP contribution in [0.3, 0.4) is 0 Å². The third-order valence-electron chi connectivity index (χ3n) is 2.51. The summed E-state index contributed by atoms with van der Waals surface area (Å²) in [5.74, 6) is -0.257. The van der Waals surface area contributed by atoms with Gasteiger partial charge in [0.2, 0.25) is 0 Å². The second-order valence-electron chi connectivity index (χ2n) is 4.24. The summed E-state index contributed by atoms with van der Waals surface area (Å²) in [6, 6.07) is 4.56. The molecule has 2 nitrogen and oxygen atoms in total. The van der Waals surface area contributed by atoms with Gasteiger partial charge in [0.05, 0.1) is 13.2 Å². The number of nitrogens with two attached hydrogens (primary N) is 1. The molecule has 0 aliphatic heterocycles. The maximum atomic E-state index is 12.8. The summed E-state index contributed by atoms with van der Waals surface area (Å²) >= 11 is 3.29. The number of hydrogen-bond donors (Lipinski definition) is 1. The molecule has 0 aliphatic carbocycles. The second kappa shape index (κ2) is 5.75. The van der Waals surface area contributed by atoms with Crippen LogP contribution in [0, 0.1) is 5.82 Å². The molecular weight excluding hydrogens is 273 g/mol. The normalized spacial score (nSPS) is 14.8. The molecule has 0 saturated carbocycles. The van der Waals surface area contributed by atoms with E-state index in [0.29, 0.717) is 13.2 Å². The maximum Gasteiger partial charge on any atom is 0.124 e. The highest BCUT2D eigenvalue weighted by molar-refractivity contribution is 9.10. The molecule has 0 heterocycles. The number of halogens is 2. The summed E-state index contributed by atoms with van der Waals surface area (Å²) < 4.78 is 19.1. The first-order valence-electron chi connectivity index (χ1n) is 5.25. The number of ether oxygens (including phenoxy) is 1. The lowest BCUT2D eigenvalue weighted by molar-refractivity contribution is 0.0774. The molecule has 1 unspecified atom stereocenters. The Bertz CT molecular complexity index is 355. The summed E-state index contributed by atoms with van der Waals surface area (Å²) in [5.41, 5.74) is 6.57. The Morgan fingerprint density at radius 1 is 1.50 bits per heavy atom. The van der Waals surface area contributed by atoms with E-state index in [1.54, 1.807) is 6.07 Å². The summed E-state index contributed by atoms with van der Waals surface area (Å²) in [6.45, 7) is 4.91. The Balaban J connectivity index is 2.49. The molecule has 0 radical (unpaired) electrons. The van der Waals surface area contributed by atoms with Crippen molar-refractivity contribution in [1.82, 2.24) is 0 Å². The van der Waals surface area contributed by atoms with Crippen molar-refractivity contribution in [3.8, 4) is 0 Å². The summed E-state index contributed by atoms with van der Waals surface area (Å²) in [7, 11) is 0. The van der Waals surface area contributed by atoms with Crippen molar-refractivity contribution >= 4 is 15.9 Å². The standard InChI is InChI=1S/C12H17BrFNO/c1-3-12(2,15)8-16-7-9-4-5-10(14)6-11(9)13/h4-6H,3,7-8,15H2,1-2H3. The highest BCUT2D eigenvalue weighted by atomic mass is 79.9. The monoisotopic (exact) mass is 289 g/mol. The number of benzene rings is 1. The lowest BCUT2D eigenvalue weighted by Crippen LogP contribution is -2.40. The first-order valence-corrected chi connectivity index (χ1v) is 6.04. The summed E-state index contributed by atoms with van der Waals surface area (Å²) in [5, 5.41) is 0.